The summed E-state index contributed by atoms with van der Waals surface area (Å²) in [4.78, 5) is 27.0. The summed E-state index contributed by atoms with van der Waals surface area (Å²) in [5.41, 5.74) is 0.342. The molecule has 0 spiro atoms. The van der Waals surface area contributed by atoms with Crippen molar-refractivity contribution in [1.82, 2.24) is 10.2 Å². The van der Waals surface area contributed by atoms with Gasteiger partial charge in [0.25, 0.3) is 0 Å². The predicted octanol–water partition coefficient (Wildman–Crippen LogP) is 0.477. The fourth-order valence-electron chi connectivity index (χ4n) is 1.15. The van der Waals surface area contributed by atoms with Crippen LogP contribution in [0.2, 0.25) is 0 Å². The fourth-order valence-corrected chi connectivity index (χ4v) is 1.15. The molecule has 0 aromatic carbocycles. The summed E-state index contributed by atoms with van der Waals surface area (Å²) in [6.07, 6.45) is 1.55. The number of H-pyrrole nitrogens is 1. The Hall–Kier alpha value is -2.18. The summed E-state index contributed by atoms with van der Waals surface area (Å²) in [6.45, 7) is 3.76. The minimum atomic E-state index is -0.782. The second-order valence-corrected chi connectivity index (χ2v) is 3.19. The van der Waals surface area contributed by atoms with Crippen molar-refractivity contribution in [1.29, 1.82) is 0 Å². The number of aromatic amines is 1. The Balaban J connectivity index is 2.78. The van der Waals surface area contributed by atoms with Crippen molar-refractivity contribution in [3.63, 3.8) is 0 Å². The molecule has 0 saturated heterocycles. The van der Waals surface area contributed by atoms with Crippen LogP contribution in [0.5, 0.6) is 0 Å². The fraction of sp³-hybridized carbons (Fsp3) is 0.455. The van der Waals surface area contributed by atoms with Crippen molar-refractivity contribution in [3.05, 3.63) is 18.0 Å². The highest BCUT2D eigenvalue weighted by molar-refractivity contribution is 6.62. The van der Waals surface area contributed by atoms with Crippen LogP contribution in [-0.4, -0.2) is 41.1 Å². The maximum atomic E-state index is 11.5. The molecule has 7 nitrogen and oxygen atoms in total. The van der Waals surface area contributed by atoms with Gasteiger partial charge in [0.2, 0.25) is 5.71 Å². The zero-order chi connectivity index (χ0) is 13.4. The Morgan fingerprint density at radius 2 is 1.89 bits per heavy atom. The Bertz CT molecular complexity index is 406. The minimum absolute atomic E-state index is 0.132. The highest BCUT2D eigenvalue weighted by atomic mass is 16.6. The van der Waals surface area contributed by atoms with Crippen LogP contribution in [0, 0.1) is 0 Å². The summed E-state index contributed by atoms with van der Waals surface area (Å²) < 4.78 is 9.49. The third-order valence-electron chi connectivity index (χ3n) is 1.90. The van der Waals surface area contributed by atoms with Crippen LogP contribution in [0.3, 0.4) is 0 Å². The van der Waals surface area contributed by atoms with E-state index in [1.54, 1.807) is 26.1 Å². The van der Waals surface area contributed by atoms with Gasteiger partial charge in [-0.1, -0.05) is 0 Å². The average molecular weight is 253 g/mol. The third-order valence-corrected chi connectivity index (χ3v) is 1.90. The lowest BCUT2D eigenvalue weighted by molar-refractivity contribution is -0.140. The molecule has 0 aliphatic heterocycles. The van der Waals surface area contributed by atoms with E-state index in [1.807, 2.05) is 0 Å². The van der Waals surface area contributed by atoms with E-state index in [0.717, 1.165) is 0 Å². The third kappa shape index (κ3) is 4.00. The summed E-state index contributed by atoms with van der Waals surface area (Å²) in [5.74, 6) is -1.56. The molecule has 0 atom stereocenters. The Labute approximate surface area is 104 Å². The summed E-state index contributed by atoms with van der Waals surface area (Å²) in [5, 5.41) is 6.41. The lowest BCUT2D eigenvalue weighted by Gasteiger charge is -2.05. The van der Waals surface area contributed by atoms with Crippen LogP contribution >= 0.6 is 0 Å². The Morgan fingerprint density at radius 3 is 2.33 bits per heavy atom. The minimum Gasteiger partial charge on any atom is -0.461 e. The molecule has 0 unspecified atom stereocenters. The lowest BCUT2D eigenvalue weighted by atomic mass is 10.3. The summed E-state index contributed by atoms with van der Waals surface area (Å²) in [6, 6.07) is 1.69. The number of nitrogens with zero attached hydrogens (tertiary/aromatic N) is 2. The maximum Gasteiger partial charge on any atom is 0.364 e. The van der Waals surface area contributed by atoms with Gasteiger partial charge in [-0.15, -0.1) is 0 Å². The number of hydrogen-bond donors (Lipinski definition) is 1. The van der Waals surface area contributed by atoms with Gasteiger partial charge in [-0.3, -0.25) is 10.1 Å². The van der Waals surface area contributed by atoms with E-state index in [2.05, 4.69) is 15.2 Å². The van der Waals surface area contributed by atoms with Gasteiger partial charge in [-0.05, 0) is 19.9 Å². The zero-order valence-corrected chi connectivity index (χ0v) is 10.3. The summed E-state index contributed by atoms with van der Waals surface area (Å²) in [7, 11) is 0. The smallest absolute Gasteiger partial charge is 0.364 e. The molecule has 0 aliphatic rings. The number of hydrogen-bond acceptors (Lipinski definition) is 6. The normalized spacial score (nSPS) is 9.67. The number of nitrogens with one attached hydrogen (secondary N) is 1. The van der Waals surface area contributed by atoms with Crippen molar-refractivity contribution in [3.8, 4) is 0 Å². The van der Waals surface area contributed by atoms with E-state index in [0.29, 0.717) is 5.69 Å². The second-order valence-electron chi connectivity index (χ2n) is 3.19. The van der Waals surface area contributed by atoms with Gasteiger partial charge < -0.3 is 9.47 Å². The molecular formula is C11H15N3O4. The first kappa shape index (κ1) is 13.9. The lowest BCUT2D eigenvalue weighted by Crippen LogP contribution is -2.28. The molecule has 98 valence electrons. The van der Waals surface area contributed by atoms with Crippen LogP contribution in [0.1, 0.15) is 19.5 Å². The number of rotatable bonds is 6. The van der Waals surface area contributed by atoms with Gasteiger partial charge in [0.15, 0.2) is 0 Å². The van der Waals surface area contributed by atoms with E-state index in [-0.39, 0.29) is 25.5 Å². The first-order valence-corrected chi connectivity index (χ1v) is 5.56. The predicted molar refractivity (Wildman–Crippen MR) is 63.0 cm³/mol. The van der Waals surface area contributed by atoms with E-state index >= 15 is 0 Å². The van der Waals surface area contributed by atoms with Gasteiger partial charge in [0.1, 0.15) is 0 Å². The van der Waals surface area contributed by atoms with Crippen molar-refractivity contribution in [2.75, 3.05) is 13.2 Å². The Kier molecular flexibility index (Phi) is 5.56. The number of carbonyl (C=O) groups excluding carboxylic acids is 2. The Morgan fingerprint density at radius 1 is 1.28 bits per heavy atom. The standard InChI is InChI=1S/C11H15N3O4/c1-3-17-10(15)9(11(16)18-4-2)12-7-8-5-6-13-14-8/h5-6H,3-4,7H2,1-2H3,(H,13,14). The molecule has 18 heavy (non-hydrogen) atoms. The highest BCUT2D eigenvalue weighted by Gasteiger charge is 2.22. The quantitative estimate of drug-likeness (QED) is 0.452. The molecule has 0 bridgehead atoms. The van der Waals surface area contributed by atoms with Crippen LogP contribution in [0.25, 0.3) is 0 Å². The monoisotopic (exact) mass is 253 g/mol. The maximum absolute atomic E-state index is 11.5. The van der Waals surface area contributed by atoms with Crippen LogP contribution in [0.15, 0.2) is 17.3 Å². The molecular weight excluding hydrogens is 238 g/mol. The number of aromatic nitrogens is 2. The molecule has 0 radical (unpaired) electrons. The van der Waals surface area contributed by atoms with Gasteiger partial charge in [0.05, 0.1) is 25.5 Å². The molecule has 1 aromatic heterocycles. The van der Waals surface area contributed by atoms with E-state index in [1.165, 1.54) is 0 Å². The SMILES string of the molecule is CCOC(=O)C(=NCc1ccn[nH]1)C(=O)OCC. The molecule has 7 heteroatoms. The van der Waals surface area contributed by atoms with Crippen molar-refractivity contribution >= 4 is 17.7 Å². The molecule has 0 aliphatic carbocycles. The average Bonchev–Trinajstić information content (AvgIpc) is 2.83. The number of ether oxygens (including phenoxy) is 2. The highest BCUT2D eigenvalue weighted by Crippen LogP contribution is 1.98. The number of aliphatic imine (C=N–C) groups is 1. The largest absolute Gasteiger partial charge is 0.461 e. The molecule has 1 rings (SSSR count). The summed E-state index contributed by atoms with van der Waals surface area (Å²) >= 11 is 0. The molecule has 0 amide bonds. The molecule has 0 fully saturated rings. The van der Waals surface area contributed by atoms with Crippen molar-refractivity contribution in [2.45, 2.75) is 20.4 Å². The molecule has 1 heterocycles. The molecule has 1 N–H and O–H groups in total. The van der Waals surface area contributed by atoms with Gasteiger partial charge >= 0.3 is 11.9 Å². The topological polar surface area (TPSA) is 93.6 Å². The number of carbonyl (C=O) groups is 2. The first-order valence-electron chi connectivity index (χ1n) is 5.56. The van der Waals surface area contributed by atoms with Crippen molar-refractivity contribution < 1.29 is 19.1 Å². The first-order chi connectivity index (χ1) is 8.69. The van der Waals surface area contributed by atoms with Gasteiger partial charge in [0, 0.05) is 6.20 Å². The zero-order valence-electron chi connectivity index (χ0n) is 10.3. The van der Waals surface area contributed by atoms with Gasteiger partial charge in [-0.2, -0.15) is 5.10 Å². The molecule has 0 saturated carbocycles. The van der Waals surface area contributed by atoms with Crippen LogP contribution < -0.4 is 0 Å². The van der Waals surface area contributed by atoms with E-state index in [4.69, 9.17) is 9.47 Å². The van der Waals surface area contributed by atoms with Crippen LogP contribution in [-0.2, 0) is 25.6 Å². The van der Waals surface area contributed by atoms with E-state index < -0.39 is 11.9 Å². The number of esters is 2. The van der Waals surface area contributed by atoms with Crippen molar-refractivity contribution in [2.24, 2.45) is 4.99 Å². The molecule has 1 aromatic rings. The van der Waals surface area contributed by atoms with E-state index in [9.17, 15) is 9.59 Å². The van der Waals surface area contributed by atoms with Gasteiger partial charge in [-0.25, -0.2) is 9.59 Å². The van der Waals surface area contributed by atoms with Crippen LogP contribution in [0.4, 0.5) is 0 Å². The second kappa shape index (κ2) is 7.21.